The third-order valence-electron chi connectivity index (χ3n) is 4.57. The molecular weight excluding hydrogens is 443 g/mol. The molecule has 0 aliphatic carbocycles. The molecule has 2 aromatic carbocycles. The SMILES string of the molecule is Cc1ccccc1N1C(=O)/C(=C/c2ccc(-c3cc(Cl)ccc3Cl)o2)C(=O)NC1=S. The van der Waals surface area contributed by atoms with Crippen molar-refractivity contribution in [2.24, 2.45) is 0 Å². The smallest absolute Gasteiger partial charge is 0.270 e. The number of rotatable bonds is 3. The maximum absolute atomic E-state index is 13.1. The molecule has 150 valence electrons. The minimum absolute atomic E-state index is 0.0299. The molecule has 1 aromatic heterocycles. The first-order valence-electron chi connectivity index (χ1n) is 8.87. The lowest BCUT2D eigenvalue weighted by atomic mass is 10.1. The number of carbonyl (C=O) groups excluding carboxylic acids is 2. The first kappa shape index (κ1) is 20.3. The van der Waals surface area contributed by atoms with E-state index in [0.29, 0.717) is 32.8 Å². The van der Waals surface area contributed by atoms with Crippen LogP contribution in [0.15, 0.2) is 64.6 Å². The molecule has 2 heterocycles. The Hall–Kier alpha value is -2.93. The van der Waals surface area contributed by atoms with E-state index in [-0.39, 0.29) is 10.7 Å². The molecule has 30 heavy (non-hydrogen) atoms. The van der Waals surface area contributed by atoms with Gasteiger partial charge in [-0.3, -0.25) is 19.8 Å². The molecule has 0 saturated carbocycles. The molecule has 1 aliphatic rings. The number of benzene rings is 2. The topological polar surface area (TPSA) is 62.6 Å². The molecule has 5 nitrogen and oxygen atoms in total. The zero-order chi connectivity index (χ0) is 21.4. The van der Waals surface area contributed by atoms with Crippen LogP contribution in [-0.2, 0) is 9.59 Å². The summed E-state index contributed by atoms with van der Waals surface area (Å²) >= 11 is 17.5. The monoisotopic (exact) mass is 456 g/mol. The highest BCUT2D eigenvalue weighted by Crippen LogP contribution is 2.32. The number of hydrogen-bond acceptors (Lipinski definition) is 4. The van der Waals surface area contributed by atoms with Crippen molar-refractivity contribution in [3.8, 4) is 11.3 Å². The summed E-state index contributed by atoms with van der Waals surface area (Å²) in [5, 5.41) is 3.57. The second-order valence-electron chi connectivity index (χ2n) is 6.57. The van der Waals surface area contributed by atoms with E-state index in [1.165, 1.54) is 11.0 Å². The van der Waals surface area contributed by atoms with Gasteiger partial charge in [-0.05, 0) is 67.2 Å². The number of nitrogens with zero attached hydrogens (tertiary/aromatic N) is 1. The van der Waals surface area contributed by atoms with Crippen molar-refractivity contribution in [1.29, 1.82) is 0 Å². The highest BCUT2D eigenvalue weighted by molar-refractivity contribution is 7.80. The molecule has 3 aromatic rings. The number of aryl methyl sites for hydroxylation is 1. The fourth-order valence-electron chi connectivity index (χ4n) is 3.09. The van der Waals surface area contributed by atoms with Crippen LogP contribution in [0.3, 0.4) is 0 Å². The summed E-state index contributed by atoms with van der Waals surface area (Å²) in [6.07, 6.45) is 1.38. The van der Waals surface area contributed by atoms with Gasteiger partial charge in [0.15, 0.2) is 5.11 Å². The van der Waals surface area contributed by atoms with Crippen molar-refractivity contribution >= 4 is 64.1 Å². The zero-order valence-electron chi connectivity index (χ0n) is 15.6. The van der Waals surface area contributed by atoms with Gasteiger partial charge in [0.1, 0.15) is 17.1 Å². The van der Waals surface area contributed by atoms with Gasteiger partial charge in [-0.1, -0.05) is 41.4 Å². The summed E-state index contributed by atoms with van der Waals surface area (Å²) in [4.78, 5) is 26.9. The van der Waals surface area contributed by atoms with Gasteiger partial charge in [-0.2, -0.15) is 0 Å². The van der Waals surface area contributed by atoms with Crippen LogP contribution in [0.2, 0.25) is 10.0 Å². The van der Waals surface area contributed by atoms with Crippen LogP contribution in [0.25, 0.3) is 17.4 Å². The highest BCUT2D eigenvalue weighted by Gasteiger charge is 2.35. The quantitative estimate of drug-likeness (QED) is 0.325. The largest absolute Gasteiger partial charge is 0.457 e. The van der Waals surface area contributed by atoms with Crippen LogP contribution in [0.4, 0.5) is 5.69 Å². The van der Waals surface area contributed by atoms with Gasteiger partial charge in [0, 0.05) is 10.6 Å². The second kappa shape index (κ2) is 8.07. The van der Waals surface area contributed by atoms with Crippen LogP contribution in [0, 0.1) is 6.92 Å². The fourth-order valence-corrected chi connectivity index (χ4v) is 3.75. The fraction of sp³-hybridized carbons (Fsp3) is 0.0455. The molecule has 2 amide bonds. The Morgan fingerprint density at radius 1 is 1.07 bits per heavy atom. The molecule has 4 rings (SSSR count). The Bertz CT molecular complexity index is 1230. The van der Waals surface area contributed by atoms with E-state index in [9.17, 15) is 9.59 Å². The highest BCUT2D eigenvalue weighted by atomic mass is 35.5. The molecule has 0 unspecified atom stereocenters. The summed E-state index contributed by atoms with van der Waals surface area (Å²) < 4.78 is 5.79. The number of carbonyl (C=O) groups is 2. The minimum atomic E-state index is -0.589. The minimum Gasteiger partial charge on any atom is -0.457 e. The Kier molecular flexibility index (Phi) is 5.47. The Morgan fingerprint density at radius 2 is 1.83 bits per heavy atom. The average molecular weight is 457 g/mol. The van der Waals surface area contributed by atoms with E-state index < -0.39 is 11.8 Å². The van der Waals surface area contributed by atoms with Gasteiger partial charge >= 0.3 is 0 Å². The predicted molar refractivity (Wildman–Crippen MR) is 122 cm³/mol. The van der Waals surface area contributed by atoms with Crippen molar-refractivity contribution in [3.05, 3.63) is 81.5 Å². The Labute approximate surface area is 187 Å². The first-order chi connectivity index (χ1) is 14.3. The van der Waals surface area contributed by atoms with Gasteiger partial charge in [-0.25, -0.2) is 0 Å². The number of anilines is 1. The third kappa shape index (κ3) is 3.77. The number of nitrogens with one attached hydrogen (secondary N) is 1. The van der Waals surface area contributed by atoms with Crippen LogP contribution in [0.5, 0.6) is 0 Å². The summed E-state index contributed by atoms with van der Waals surface area (Å²) in [6, 6.07) is 15.6. The first-order valence-corrected chi connectivity index (χ1v) is 10.0. The second-order valence-corrected chi connectivity index (χ2v) is 7.80. The molecule has 1 saturated heterocycles. The van der Waals surface area contributed by atoms with Crippen molar-refractivity contribution in [2.75, 3.05) is 4.90 Å². The van der Waals surface area contributed by atoms with Crippen LogP contribution in [0.1, 0.15) is 11.3 Å². The van der Waals surface area contributed by atoms with Gasteiger partial charge < -0.3 is 4.42 Å². The molecule has 8 heteroatoms. The van der Waals surface area contributed by atoms with E-state index in [1.807, 2.05) is 19.1 Å². The van der Waals surface area contributed by atoms with Crippen LogP contribution in [-0.4, -0.2) is 16.9 Å². The van der Waals surface area contributed by atoms with Gasteiger partial charge in [0.05, 0.1) is 10.7 Å². The van der Waals surface area contributed by atoms with E-state index in [4.69, 9.17) is 39.8 Å². The number of halogens is 2. The molecular formula is C22H14Cl2N2O3S. The van der Waals surface area contributed by atoms with Crippen molar-refractivity contribution in [1.82, 2.24) is 5.32 Å². The molecule has 0 spiro atoms. The van der Waals surface area contributed by atoms with Crippen LogP contribution >= 0.6 is 35.4 Å². The maximum atomic E-state index is 13.1. The lowest BCUT2D eigenvalue weighted by Crippen LogP contribution is -2.54. The van der Waals surface area contributed by atoms with Gasteiger partial charge in [-0.15, -0.1) is 0 Å². The number of amides is 2. The summed E-state index contributed by atoms with van der Waals surface area (Å²) in [5.41, 5.74) is 1.96. The number of para-hydroxylation sites is 1. The van der Waals surface area contributed by atoms with Crippen molar-refractivity contribution in [2.45, 2.75) is 6.92 Å². The standard InChI is InChI=1S/C22H14Cl2N2O3S/c1-12-4-2-3-5-18(12)26-21(28)16(20(27)25-22(26)30)11-14-7-9-19(29-14)15-10-13(23)6-8-17(15)24/h2-11H,1H3,(H,25,27,30)/b16-11+. The molecule has 1 aliphatic heterocycles. The molecule has 1 N–H and O–H groups in total. The van der Waals surface area contributed by atoms with Crippen LogP contribution < -0.4 is 10.2 Å². The van der Waals surface area contributed by atoms with Gasteiger partial charge in [0.25, 0.3) is 11.8 Å². The molecule has 0 radical (unpaired) electrons. The lowest BCUT2D eigenvalue weighted by Gasteiger charge is -2.29. The van der Waals surface area contributed by atoms with E-state index in [0.717, 1.165) is 5.56 Å². The molecule has 1 fully saturated rings. The number of hydrogen-bond donors (Lipinski definition) is 1. The van der Waals surface area contributed by atoms with Crippen molar-refractivity contribution in [3.63, 3.8) is 0 Å². The third-order valence-corrected chi connectivity index (χ3v) is 5.41. The Morgan fingerprint density at radius 3 is 2.60 bits per heavy atom. The summed E-state index contributed by atoms with van der Waals surface area (Å²) in [5.74, 6) is -0.341. The lowest BCUT2D eigenvalue weighted by molar-refractivity contribution is -0.122. The molecule has 0 bridgehead atoms. The van der Waals surface area contributed by atoms with E-state index in [2.05, 4.69) is 5.32 Å². The van der Waals surface area contributed by atoms with Gasteiger partial charge in [0.2, 0.25) is 0 Å². The van der Waals surface area contributed by atoms with E-state index in [1.54, 1.807) is 42.5 Å². The zero-order valence-corrected chi connectivity index (χ0v) is 17.9. The summed E-state index contributed by atoms with van der Waals surface area (Å²) in [7, 11) is 0. The molecule has 0 atom stereocenters. The normalized spacial score (nSPS) is 15.6. The number of thiocarbonyl (C=S) groups is 1. The average Bonchev–Trinajstić information content (AvgIpc) is 3.17. The predicted octanol–water partition coefficient (Wildman–Crippen LogP) is 5.39. The Balaban J connectivity index is 1.71. The maximum Gasteiger partial charge on any atom is 0.270 e. The van der Waals surface area contributed by atoms with E-state index >= 15 is 0 Å². The van der Waals surface area contributed by atoms with Crippen molar-refractivity contribution < 1.29 is 14.0 Å². The summed E-state index contributed by atoms with van der Waals surface area (Å²) in [6.45, 7) is 1.86. The number of furan rings is 1.